The number of hydrogen-bond acceptors (Lipinski definition) is 2. The minimum absolute atomic E-state index is 0.0932. The molecule has 0 aromatic heterocycles. The predicted molar refractivity (Wildman–Crippen MR) is 71.8 cm³/mol. The van der Waals surface area contributed by atoms with Crippen LogP contribution in [0.4, 0.5) is 0 Å². The number of benzene rings is 1. The lowest BCUT2D eigenvalue weighted by Crippen LogP contribution is -2.41. The van der Waals surface area contributed by atoms with Crippen LogP contribution in [-0.2, 0) is 9.59 Å². The number of carbonyl (C=O) groups excluding carboxylic acids is 1. The van der Waals surface area contributed by atoms with Gasteiger partial charge in [0.25, 0.3) is 0 Å². The van der Waals surface area contributed by atoms with Crippen LogP contribution in [-0.4, -0.2) is 23.0 Å². The summed E-state index contributed by atoms with van der Waals surface area (Å²) in [7, 11) is 0. The maximum Gasteiger partial charge on any atom is 0.308 e. The second-order valence-electron chi connectivity index (χ2n) is 5.12. The fourth-order valence-electron chi connectivity index (χ4n) is 2.63. The van der Waals surface area contributed by atoms with Gasteiger partial charge in [-0.2, -0.15) is 0 Å². The molecule has 4 heteroatoms. The van der Waals surface area contributed by atoms with Gasteiger partial charge in [0.15, 0.2) is 0 Å². The number of aliphatic carboxylic acids is 1. The third-order valence-electron chi connectivity index (χ3n) is 3.85. The molecule has 0 spiro atoms. The van der Waals surface area contributed by atoms with Crippen LogP contribution < -0.4 is 5.32 Å². The van der Waals surface area contributed by atoms with Crippen LogP contribution in [0.1, 0.15) is 37.7 Å². The summed E-state index contributed by atoms with van der Waals surface area (Å²) in [6, 6.07) is 9.30. The lowest BCUT2D eigenvalue weighted by molar-refractivity contribution is -0.142. The summed E-state index contributed by atoms with van der Waals surface area (Å²) in [6.45, 7) is 1.84. The Morgan fingerprint density at radius 1 is 1.26 bits per heavy atom. The molecule has 1 fully saturated rings. The number of amides is 1. The predicted octanol–water partition coefficient (Wildman–Crippen LogP) is 2.16. The molecule has 0 radical (unpaired) electrons. The van der Waals surface area contributed by atoms with Crippen LogP contribution in [0.3, 0.4) is 0 Å². The van der Waals surface area contributed by atoms with Crippen molar-refractivity contribution < 1.29 is 14.7 Å². The first-order valence-corrected chi connectivity index (χ1v) is 6.67. The Morgan fingerprint density at radius 2 is 1.95 bits per heavy atom. The summed E-state index contributed by atoms with van der Waals surface area (Å²) < 4.78 is 0. The molecule has 1 aliphatic carbocycles. The summed E-state index contributed by atoms with van der Waals surface area (Å²) in [6.07, 6.45) is 2.27. The van der Waals surface area contributed by atoms with Gasteiger partial charge in [0, 0.05) is 6.04 Å². The Morgan fingerprint density at radius 3 is 2.58 bits per heavy atom. The number of carboxylic acids is 1. The van der Waals surface area contributed by atoms with E-state index in [0.29, 0.717) is 6.42 Å². The first-order valence-electron chi connectivity index (χ1n) is 6.67. The maximum absolute atomic E-state index is 12.2. The minimum atomic E-state index is -0.810. The maximum atomic E-state index is 12.2. The molecule has 0 saturated heterocycles. The molecule has 4 nitrogen and oxygen atoms in total. The SMILES string of the molecule is C[C@@H](C(=O)N[C@@H]1CCC[C@@H]1C(=O)O)c1ccccc1. The van der Waals surface area contributed by atoms with Crippen LogP contribution in [0.2, 0.25) is 0 Å². The van der Waals surface area contributed by atoms with Gasteiger partial charge in [-0.25, -0.2) is 0 Å². The molecule has 1 aliphatic rings. The van der Waals surface area contributed by atoms with E-state index in [1.54, 1.807) is 0 Å². The van der Waals surface area contributed by atoms with E-state index in [1.165, 1.54) is 0 Å². The summed E-state index contributed by atoms with van der Waals surface area (Å²) >= 11 is 0. The molecule has 2 rings (SSSR count). The van der Waals surface area contributed by atoms with Crippen molar-refractivity contribution >= 4 is 11.9 Å². The van der Waals surface area contributed by atoms with Gasteiger partial charge in [-0.1, -0.05) is 36.8 Å². The van der Waals surface area contributed by atoms with Gasteiger partial charge in [0.2, 0.25) is 5.91 Å². The first kappa shape index (κ1) is 13.6. The molecule has 1 saturated carbocycles. The number of carboxylic acid groups (broad SMARTS) is 1. The Kier molecular flexibility index (Phi) is 4.20. The average Bonchev–Trinajstić information content (AvgIpc) is 2.87. The van der Waals surface area contributed by atoms with E-state index >= 15 is 0 Å². The van der Waals surface area contributed by atoms with Crippen molar-refractivity contribution in [2.24, 2.45) is 5.92 Å². The van der Waals surface area contributed by atoms with Crippen molar-refractivity contribution in [1.29, 1.82) is 0 Å². The highest BCUT2D eigenvalue weighted by Gasteiger charge is 2.34. The molecule has 0 aliphatic heterocycles. The fourth-order valence-corrected chi connectivity index (χ4v) is 2.63. The van der Waals surface area contributed by atoms with Crippen molar-refractivity contribution in [2.75, 3.05) is 0 Å². The average molecular weight is 261 g/mol. The van der Waals surface area contributed by atoms with Gasteiger partial charge in [0.1, 0.15) is 0 Å². The molecule has 102 valence electrons. The minimum Gasteiger partial charge on any atom is -0.481 e. The Bertz CT molecular complexity index is 458. The van der Waals surface area contributed by atoms with Crippen molar-refractivity contribution in [3.8, 4) is 0 Å². The van der Waals surface area contributed by atoms with E-state index in [0.717, 1.165) is 18.4 Å². The van der Waals surface area contributed by atoms with Crippen molar-refractivity contribution in [3.05, 3.63) is 35.9 Å². The molecule has 2 N–H and O–H groups in total. The van der Waals surface area contributed by atoms with Gasteiger partial charge in [-0.3, -0.25) is 9.59 Å². The molecular weight excluding hydrogens is 242 g/mol. The summed E-state index contributed by atoms with van der Waals surface area (Å²) in [4.78, 5) is 23.2. The summed E-state index contributed by atoms with van der Waals surface area (Å²) in [5.41, 5.74) is 0.949. The molecule has 3 atom stereocenters. The first-order chi connectivity index (χ1) is 9.09. The van der Waals surface area contributed by atoms with Crippen molar-refractivity contribution in [1.82, 2.24) is 5.32 Å². The smallest absolute Gasteiger partial charge is 0.308 e. The Hall–Kier alpha value is -1.84. The van der Waals surface area contributed by atoms with E-state index in [2.05, 4.69) is 5.32 Å². The van der Waals surface area contributed by atoms with E-state index in [-0.39, 0.29) is 17.9 Å². The van der Waals surface area contributed by atoms with Gasteiger partial charge in [-0.15, -0.1) is 0 Å². The number of carbonyl (C=O) groups is 2. The van der Waals surface area contributed by atoms with Crippen LogP contribution in [0, 0.1) is 5.92 Å². The zero-order valence-corrected chi connectivity index (χ0v) is 11.0. The number of hydrogen-bond donors (Lipinski definition) is 2. The quantitative estimate of drug-likeness (QED) is 0.872. The lowest BCUT2D eigenvalue weighted by Gasteiger charge is -2.20. The van der Waals surface area contributed by atoms with E-state index in [4.69, 9.17) is 5.11 Å². The monoisotopic (exact) mass is 261 g/mol. The Labute approximate surface area is 112 Å². The van der Waals surface area contributed by atoms with Gasteiger partial charge < -0.3 is 10.4 Å². The zero-order valence-electron chi connectivity index (χ0n) is 11.0. The molecular formula is C15H19NO3. The molecule has 0 unspecified atom stereocenters. The fraction of sp³-hybridized carbons (Fsp3) is 0.467. The highest BCUT2D eigenvalue weighted by atomic mass is 16.4. The van der Waals surface area contributed by atoms with E-state index < -0.39 is 11.9 Å². The largest absolute Gasteiger partial charge is 0.481 e. The topological polar surface area (TPSA) is 66.4 Å². The second-order valence-corrected chi connectivity index (χ2v) is 5.12. The van der Waals surface area contributed by atoms with Crippen molar-refractivity contribution in [2.45, 2.75) is 38.1 Å². The zero-order chi connectivity index (χ0) is 13.8. The molecule has 0 heterocycles. The van der Waals surface area contributed by atoms with E-state index in [1.807, 2.05) is 37.3 Å². The third-order valence-corrected chi connectivity index (χ3v) is 3.85. The number of rotatable bonds is 4. The van der Waals surface area contributed by atoms with E-state index in [9.17, 15) is 9.59 Å². The standard InChI is InChI=1S/C15H19NO3/c1-10(11-6-3-2-4-7-11)14(17)16-13-9-5-8-12(13)15(18)19/h2-4,6-7,10,12-13H,5,8-9H2,1H3,(H,16,17)(H,18,19)/t10-,12+,13-/m1/s1. The van der Waals surface area contributed by atoms with Gasteiger partial charge >= 0.3 is 5.97 Å². The van der Waals surface area contributed by atoms with Crippen LogP contribution >= 0.6 is 0 Å². The van der Waals surface area contributed by atoms with Gasteiger partial charge in [-0.05, 0) is 25.3 Å². The summed E-state index contributed by atoms with van der Waals surface area (Å²) in [5.74, 6) is -1.59. The second kappa shape index (κ2) is 5.87. The van der Waals surface area contributed by atoms with Crippen LogP contribution in [0.25, 0.3) is 0 Å². The highest BCUT2D eigenvalue weighted by Crippen LogP contribution is 2.26. The molecule has 19 heavy (non-hydrogen) atoms. The third kappa shape index (κ3) is 3.13. The lowest BCUT2D eigenvalue weighted by atomic mass is 9.98. The molecule has 1 aromatic rings. The normalized spacial score (nSPS) is 23.8. The molecule has 1 aromatic carbocycles. The Balaban J connectivity index is 1.99. The van der Waals surface area contributed by atoms with Gasteiger partial charge in [0.05, 0.1) is 11.8 Å². The van der Waals surface area contributed by atoms with Crippen molar-refractivity contribution in [3.63, 3.8) is 0 Å². The van der Waals surface area contributed by atoms with Crippen LogP contribution in [0.5, 0.6) is 0 Å². The highest BCUT2D eigenvalue weighted by molar-refractivity contribution is 5.84. The molecule has 1 amide bonds. The van der Waals surface area contributed by atoms with Crippen LogP contribution in [0.15, 0.2) is 30.3 Å². The molecule has 0 bridgehead atoms. The summed E-state index contributed by atoms with van der Waals surface area (Å²) in [5, 5.41) is 12.0. The number of nitrogens with one attached hydrogen (secondary N) is 1.